The third-order valence-electron chi connectivity index (χ3n) is 5.31. The topological polar surface area (TPSA) is 41.1 Å². The average molecular weight is 395 g/mol. The van der Waals surface area contributed by atoms with Gasteiger partial charge in [0.15, 0.2) is 0 Å². The Labute approximate surface area is 173 Å². The van der Waals surface area contributed by atoms with Gasteiger partial charge in [0.2, 0.25) is 5.91 Å². The summed E-state index contributed by atoms with van der Waals surface area (Å²) in [6.45, 7) is 10.6. The minimum Gasteiger partial charge on any atom is -0.385 e. The summed E-state index contributed by atoms with van der Waals surface area (Å²) < 4.78 is 14.8. The van der Waals surface area contributed by atoms with E-state index in [4.69, 9.17) is 0 Å². The van der Waals surface area contributed by atoms with Gasteiger partial charge in [-0.3, -0.25) is 4.79 Å². The van der Waals surface area contributed by atoms with Crippen LogP contribution in [0.1, 0.15) is 50.3 Å². The van der Waals surface area contributed by atoms with Crippen LogP contribution in [0, 0.1) is 25.6 Å². The normalized spacial score (nSPS) is 14.2. The molecule has 0 saturated heterocycles. The molecule has 0 bridgehead atoms. The summed E-state index contributed by atoms with van der Waals surface area (Å²) in [4.78, 5) is 12.2. The van der Waals surface area contributed by atoms with Gasteiger partial charge in [-0.1, -0.05) is 12.1 Å². The van der Waals surface area contributed by atoms with Crippen LogP contribution >= 0.6 is 0 Å². The molecule has 154 valence electrons. The molecule has 4 heteroatoms. The van der Waals surface area contributed by atoms with Gasteiger partial charge in [-0.2, -0.15) is 0 Å². The first kappa shape index (κ1) is 21.1. The summed E-state index contributed by atoms with van der Waals surface area (Å²) in [5.74, 6) is 0.458. The Morgan fingerprint density at radius 3 is 2.48 bits per heavy atom. The summed E-state index contributed by atoms with van der Waals surface area (Å²) in [5.41, 5.74) is 5.95. The molecule has 2 aromatic rings. The lowest BCUT2D eigenvalue weighted by Crippen LogP contribution is -2.30. The number of hydrogen-bond acceptors (Lipinski definition) is 2. The van der Waals surface area contributed by atoms with Crippen LogP contribution in [-0.2, 0) is 4.79 Å². The van der Waals surface area contributed by atoms with Crippen LogP contribution in [-0.4, -0.2) is 18.5 Å². The minimum absolute atomic E-state index is 0.0681. The second-order valence-electron chi connectivity index (χ2n) is 8.50. The molecule has 1 aliphatic rings. The third-order valence-corrected chi connectivity index (χ3v) is 5.31. The van der Waals surface area contributed by atoms with Crippen molar-refractivity contribution in [2.45, 2.75) is 53.5 Å². The molecule has 0 aliphatic heterocycles. The van der Waals surface area contributed by atoms with Crippen molar-refractivity contribution in [1.29, 1.82) is 0 Å². The Kier molecular flexibility index (Phi) is 6.41. The van der Waals surface area contributed by atoms with Crippen molar-refractivity contribution in [3.63, 3.8) is 0 Å². The summed E-state index contributed by atoms with van der Waals surface area (Å²) in [5, 5.41) is 6.23. The van der Waals surface area contributed by atoms with Gasteiger partial charge in [0.05, 0.1) is 0 Å². The van der Waals surface area contributed by atoms with E-state index in [-0.39, 0.29) is 17.8 Å². The van der Waals surface area contributed by atoms with E-state index in [1.165, 1.54) is 12.8 Å². The summed E-state index contributed by atoms with van der Waals surface area (Å²) in [7, 11) is 0. The first-order valence-electron chi connectivity index (χ1n) is 10.4. The van der Waals surface area contributed by atoms with Gasteiger partial charge in [0.1, 0.15) is 5.82 Å². The first-order chi connectivity index (χ1) is 13.7. The fourth-order valence-corrected chi connectivity index (χ4v) is 3.39. The molecule has 1 aliphatic carbocycles. The molecule has 1 saturated carbocycles. The van der Waals surface area contributed by atoms with E-state index in [1.807, 2.05) is 65.0 Å². The molecule has 2 aromatic carbocycles. The number of benzene rings is 2. The number of aryl methyl sites for hydroxylation is 2. The Balaban J connectivity index is 1.84. The van der Waals surface area contributed by atoms with Crippen molar-refractivity contribution in [2.75, 3.05) is 11.9 Å². The molecule has 3 rings (SSSR count). The first-order valence-corrected chi connectivity index (χ1v) is 10.4. The van der Waals surface area contributed by atoms with Crippen molar-refractivity contribution in [3.05, 3.63) is 58.4 Å². The van der Waals surface area contributed by atoms with E-state index in [0.717, 1.165) is 40.4 Å². The van der Waals surface area contributed by atoms with E-state index in [1.54, 1.807) is 6.07 Å². The third kappa shape index (κ3) is 5.47. The van der Waals surface area contributed by atoms with Crippen molar-refractivity contribution in [3.8, 4) is 11.1 Å². The fourth-order valence-electron chi connectivity index (χ4n) is 3.39. The van der Waals surface area contributed by atoms with E-state index in [0.29, 0.717) is 11.1 Å². The van der Waals surface area contributed by atoms with Crippen molar-refractivity contribution in [1.82, 2.24) is 5.32 Å². The minimum atomic E-state index is -0.218. The largest absolute Gasteiger partial charge is 0.385 e. The predicted molar refractivity (Wildman–Crippen MR) is 119 cm³/mol. The maximum Gasteiger partial charge on any atom is 0.247 e. The highest BCUT2D eigenvalue weighted by Crippen LogP contribution is 2.32. The Hall–Kier alpha value is -2.62. The maximum atomic E-state index is 14.8. The number of anilines is 1. The van der Waals surface area contributed by atoms with Crippen LogP contribution < -0.4 is 10.6 Å². The Bertz CT molecular complexity index is 942. The zero-order valence-electron chi connectivity index (χ0n) is 18.0. The molecule has 0 aromatic heterocycles. The van der Waals surface area contributed by atoms with Gasteiger partial charge in [0, 0.05) is 29.4 Å². The summed E-state index contributed by atoms with van der Waals surface area (Å²) in [6.07, 6.45) is 4.43. The lowest BCUT2D eigenvalue weighted by molar-refractivity contribution is -0.117. The van der Waals surface area contributed by atoms with Crippen LogP contribution in [0.2, 0.25) is 0 Å². The van der Waals surface area contributed by atoms with Gasteiger partial charge < -0.3 is 10.6 Å². The van der Waals surface area contributed by atoms with Gasteiger partial charge in [-0.05, 0) is 99.9 Å². The fraction of sp³-hybridized carbons (Fsp3) is 0.400. The van der Waals surface area contributed by atoms with Crippen LogP contribution in [0.15, 0.2) is 35.9 Å². The van der Waals surface area contributed by atoms with E-state index in [9.17, 15) is 9.18 Å². The molecule has 0 heterocycles. The average Bonchev–Trinajstić information content (AvgIpc) is 3.47. The number of hydrogen-bond donors (Lipinski definition) is 2. The molecule has 1 fully saturated rings. The molecule has 0 unspecified atom stereocenters. The monoisotopic (exact) mass is 394 g/mol. The SMILES string of the molecule is CC(=Cc1cc(C)c(-c2ccc(NCC3CC3)cc2F)cc1C)C(=O)NC(C)C. The molecule has 0 radical (unpaired) electrons. The second kappa shape index (κ2) is 8.81. The molecule has 3 nitrogen and oxygen atoms in total. The number of halogens is 1. The highest BCUT2D eigenvalue weighted by molar-refractivity contribution is 5.97. The van der Waals surface area contributed by atoms with Gasteiger partial charge in [0.25, 0.3) is 0 Å². The number of rotatable bonds is 7. The van der Waals surface area contributed by atoms with Crippen LogP contribution in [0.25, 0.3) is 17.2 Å². The van der Waals surface area contributed by atoms with Crippen molar-refractivity contribution < 1.29 is 9.18 Å². The van der Waals surface area contributed by atoms with Crippen LogP contribution in [0.3, 0.4) is 0 Å². The zero-order valence-corrected chi connectivity index (χ0v) is 18.0. The van der Waals surface area contributed by atoms with Gasteiger partial charge >= 0.3 is 0 Å². The molecule has 1 amide bonds. The highest BCUT2D eigenvalue weighted by atomic mass is 19.1. The smallest absolute Gasteiger partial charge is 0.247 e. The standard InChI is InChI=1S/C25H31FN2O/c1-15(2)28-25(29)18(5)11-20-10-17(4)23(12-16(20)3)22-9-8-21(13-24(22)26)27-14-19-6-7-19/h8-13,15,19,27H,6-7,14H2,1-5H3,(H,28,29). The summed E-state index contributed by atoms with van der Waals surface area (Å²) >= 11 is 0. The molecule has 0 spiro atoms. The highest BCUT2D eigenvalue weighted by Gasteiger charge is 2.20. The quantitative estimate of drug-likeness (QED) is 0.578. The van der Waals surface area contributed by atoms with E-state index >= 15 is 0 Å². The van der Waals surface area contributed by atoms with E-state index in [2.05, 4.69) is 10.6 Å². The second-order valence-corrected chi connectivity index (χ2v) is 8.50. The van der Waals surface area contributed by atoms with Crippen molar-refractivity contribution >= 4 is 17.7 Å². The predicted octanol–water partition coefficient (Wildman–Crippen LogP) is 5.86. The summed E-state index contributed by atoms with van der Waals surface area (Å²) in [6, 6.07) is 9.51. The van der Waals surface area contributed by atoms with Gasteiger partial charge in [-0.25, -0.2) is 4.39 Å². The number of carbonyl (C=O) groups excluding carboxylic acids is 1. The molecule has 2 N–H and O–H groups in total. The number of nitrogens with one attached hydrogen (secondary N) is 2. The molecular weight excluding hydrogens is 363 g/mol. The molecule has 29 heavy (non-hydrogen) atoms. The molecule has 0 atom stereocenters. The number of amides is 1. The zero-order chi connectivity index (χ0) is 21.1. The number of carbonyl (C=O) groups is 1. The maximum absolute atomic E-state index is 14.8. The Morgan fingerprint density at radius 2 is 1.86 bits per heavy atom. The van der Waals surface area contributed by atoms with Gasteiger partial charge in [-0.15, -0.1) is 0 Å². The van der Waals surface area contributed by atoms with Crippen LogP contribution in [0.5, 0.6) is 0 Å². The lowest BCUT2D eigenvalue weighted by atomic mass is 9.93. The van der Waals surface area contributed by atoms with Crippen LogP contribution in [0.4, 0.5) is 10.1 Å². The Morgan fingerprint density at radius 1 is 1.14 bits per heavy atom. The van der Waals surface area contributed by atoms with Crippen molar-refractivity contribution in [2.24, 2.45) is 5.92 Å². The lowest BCUT2D eigenvalue weighted by Gasteiger charge is -2.14. The van der Waals surface area contributed by atoms with E-state index < -0.39 is 0 Å². The molecular formula is C25H31FN2O.